The molecule has 146 valence electrons. The van der Waals surface area contributed by atoms with Crippen molar-refractivity contribution in [1.82, 2.24) is 0 Å². The molecule has 3 rings (SSSR count). The van der Waals surface area contributed by atoms with Crippen LogP contribution in [0.5, 0.6) is 5.75 Å². The van der Waals surface area contributed by atoms with Crippen LogP contribution in [0.25, 0.3) is 0 Å². The third-order valence-corrected chi connectivity index (χ3v) is 6.32. The summed E-state index contributed by atoms with van der Waals surface area (Å²) in [5, 5.41) is 0. The van der Waals surface area contributed by atoms with Gasteiger partial charge in [-0.25, -0.2) is 8.42 Å². The molecular weight excluding hydrogens is 362 g/mol. The molecule has 0 N–H and O–H groups in total. The predicted octanol–water partition coefficient (Wildman–Crippen LogP) is 3.73. The molecule has 6 heteroatoms. The number of sulfonamides is 1. The van der Waals surface area contributed by atoms with Crippen molar-refractivity contribution in [3.63, 3.8) is 0 Å². The van der Waals surface area contributed by atoms with Gasteiger partial charge >= 0.3 is 0 Å². The quantitative estimate of drug-likeness (QED) is 0.677. The molecule has 1 saturated heterocycles. The highest BCUT2D eigenvalue weighted by atomic mass is 32.2. The first-order chi connectivity index (χ1) is 12.7. The fourth-order valence-electron chi connectivity index (χ4n) is 2.91. The SMILES string of the molecule is CN(c1ccccc1)S(=O)(=O)Cc1ccc(OCC2CO2)cc1C(C)(C)C. The summed E-state index contributed by atoms with van der Waals surface area (Å²) in [6.45, 7) is 7.50. The van der Waals surface area contributed by atoms with Gasteiger partial charge in [0.2, 0.25) is 10.0 Å². The number of ether oxygens (including phenoxy) is 2. The Morgan fingerprint density at radius 3 is 2.41 bits per heavy atom. The van der Waals surface area contributed by atoms with E-state index in [9.17, 15) is 8.42 Å². The molecule has 0 amide bonds. The van der Waals surface area contributed by atoms with Gasteiger partial charge in [-0.15, -0.1) is 0 Å². The molecule has 1 unspecified atom stereocenters. The first-order valence-corrected chi connectivity index (χ1v) is 10.7. The molecule has 0 saturated carbocycles. The van der Waals surface area contributed by atoms with Crippen molar-refractivity contribution in [3.05, 3.63) is 59.7 Å². The molecule has 0 bridgehead atoms. The van der Waals surface area contributed by atoms with E-state index in [2.05, 4.69) is 20.8 Å². The number of benzene rings is 2. The van der Waals surface area contributed by atoms with Crippen LogP contribution in [-0.2, 0) is 25.9 Å². The number of anilines is 1. The average molecular weight is 390 g/mol. The van der Waals surface area contributed by atoms with Crippen LogP contribution in [0.3, 0.4) is 0 Å². The number of rotatable bonds is 7. The second-order valence-electron chi connectivity index (χ2n) is 7.89. The van der Waals surface area contributed by atoms with Crippen molar-refractivity contribution < 1.29 is 17.9 Å². The Hall–Kier alpha value is -2.05. The molecule has 1 fully saturated rings. The molecule has 5 nitrogen and oxygen atoms in total. The van der Waals surface area contributed by atoms with Gasteiger partial charge in [0, 0.05) is 7.05 Å². The molecule has 0 spiro atoms. The van der Waals surface area contributed by atoms with E-state index in [-0.39, 0.29) is 17.3 Å². The molecule has 2 aromatic carbocycles. The second kappa shape index (κ2) is 7.52. The predicted molar refractivity (Wildman–Crippen MR) is 108 cm³/mol. The van der Waals surface area contributed by atoms with Crippen LogP contribution >= 0.6 is 0 Å². The van der Waals surface area contributed by atoms with E-state index in [1.165, 1.54) is 4.31 Å². The van der Waals surface area contributed by atoms with Crippen LogP contribution in [0.4, 0.5) is 5.69 Å². The van der Waals surface area contributed by atoms with E-state index in [1.54, 1.807) is 19.2 Å². The lowest BCUT2D eigenvalue weighted by Gasteiger charge is -2.26. The topological polar surface area (TPSA) is 59.1 Å². The Labute approximate surface area is 162 Å². The number of hydrogen-bond donors (Lipinski definition) is 0. The van der Waals surface area contributed by atoms with Crippen molar-refractivity contribution in [2.24, 2.45) is 0 Å². The summed E-state index contributed by atoms with van der Waals surface area (Å²) in [7, 11) is -1.91. The standard InChI is InChI=1S/C21H27NO4S/c1-21(2,3)20-12-18(25-13-19-14-26-19)11-10-16(20)15-27(23,24)22(4)17-8-6-5-7-9-17/h5-12,19H,13-15H2,1-4H3. The first kappa shape index (κ1) is 19.7. The molecule has 0 aromatic heterocycles. The maximum atomic E-state index is 13.0. The van der Waals surface area contributed by atoms with Crippen molar-refractivity contribution in [1.29, 1.82) is 0 Å². The lowest BCUT2D eigenvalue weighted by molar-refractivity contribution is 0.262. The van der Waals surface area contributed by atoms with Crippen molar-refractivity contribution in [2.75, 3.05) is 24.6 Å². The zero-order valence-corrected chi connectivity index (χ0v) is 17.1. The number of epoxide rings is 1. The lowest BCUT2D eigenvalue weighted by atomic mass is 9.84. The number of para-hydroxylation sites is 1. The fraction of sp³-hybridized carbons (Fsp3) is 0.429. The Morgan fingerprint density at radius 1 is 1.15 bits per heavy atom. The van der Waals surface area contributed by atoms with E-state index in [4.69, 9.17) is 9.47 Å². The molecule has 1 heterocycles. The third kappa shape index (κ3) is 5.02. The zero-order chi connectivity index (χ0) is 19.7. The van der Waals surface area contributed by atoms with E-state index < -0.39 is 10.0 Å². The molecule has 1 aliphatic heterocycles. The van der Waals surface area contributed by atoms with Gasteiger partial charge in [0.1, 0.15) is 18.5 Å². The van der Waals surface area contributed by atoms with Crippen LogP contribution < -0.4 is 9.04 Å². The fourth-order valence-corrected chi connectivity index (χ4v) is 4.20. The van der Waals surface area contributed by atoms with E-state index in [1.807, 2.05) is 36.4 Å². The summed E-state index contributed by atoms with van der Waals surface area (Å²) in [5.74, 6) is 0.685. The highest BCUT2D eigenvalue weighted by Crippen LogP contribution is 2.32. The molecule has 2 aromatic rings. The minimum Gasteiger partial charge on any atom is -0.491 e. The minimum atomic E-state index is -3.51. The number of nitrogens with zero attached hydrogens (tertiary/aromatic N) is 1. The largest absolute Gasteiger partial charge is 0.491 e. The van der Waals surface area contributed by atoms with Gasteiger partial charge in [-0.2, -0.15) is 0 Å². The van der Waals surface area contributed by atoms with Crippen LogP contribution in [-0.4, -0.2) is 34.8 Å². The second-order valence-corrected chi connectivity index (χ2v) is 9.89. The summed E-state index contributed by atoms with van der Waals surface area (Å²) >= 11 is 0. The highest BCUT2D eigenvalue weighted by Gasteiger charge is 2.26. The molecule has 27 heavy (non-hydrogen) atoms. The molecule has 1 aliphatic rings. The smallest absolute Gasteiger partial charge is 0.239 e. The summed E-state index contributed by atoms with van der Waals surface area (Å²) < 4.78 is 38.2. The van der Waals surface area contributed by atoms with E-state index in [0.29, 0.717) is 12.3 Å². The molecular formula is C21H27NO4S. The normalized spacial score (nSPS) is 16.8. The van der Waals surface area contributed by atoms with Gasteiger partial charge in [0.25, 0.3) is 0 Å². The molecule has 0 radical (unpaired) electrons. The van der Waals surface area contributed by atoms with E-state index >= 15 is 0 Å². The Bertz CT molecular complexity index is 884. The minimum absolute atomic E-state index is 0.0585. The lowest BCUT2D eigenvalue weighted by Crippen LogP contribution is -2.29. The van der Waals surface area contributed by atoms with Crippen LogP contribution in [0.15, 0.2) is 48.5 Å². The summed E-state index contributed by atoms with van der Waals surface area (Å²) in [4.78, 5) is 0. The van der Waals surface area contributed by atoms with Crippen LogP contribution in [0, 0.1) is 0 Å². The van der Waals surface area contributed by atoms with Gasteiger partial charge < -0.3 is 9.47 Å². The highest BCUT2D eigenvalue weighted by molar-refractivity contribution is 7.92. The maximum absolute atomic E-state index is 13.0. The van der Waals surface area contributed by atoms with Gasteiger partial charge in [0.05, 0.1) is 18.0 Å². The molecule has 0 aliphatic carbocycles. The van der Waals surface area contributed by atoms with Gasteiger partial charge in [-0.3, -0.25) is 4.31 Å². The Kier molecular flexibility index (Phi) is 5.49. The maximum Gasteiger partial charge on any atom is 0.239 e. The first-order valence-electron chi connectivity index (χ1n) is 9.06. The van der Waals surface area contributed by atoms with Gasteiger partial charge in [-0.1, -0.05) is 45.0 Å². The van der Waals surface area contributed by atoms with Gasteiger partial charge in [-0.05, 0) is 40.8 Å². The van der Waals surface area contributed by atoms with Crippen molar-refractivity contribution >= 4 is 15.7 Å². The van der Waals surface area contributed by atoms with Crippen LogP contribution in [0.1, 0.15) is 31.9 Å². The summed E-state index contributed by atoms with van der Waals surface area (Å²) in [6.07, 6.45) is 0.183. The van der Waals surface area contributed by atoms with Gasteiger partial charge in [0.15, 0.2) is 0 Å². The third-order valence-electron chi connectivity index (χ3n) is 4.60. The van der Waals surface area contributed by atoms with Crippen LogP contribution in [0.2, 0.25) is 0 Å². The van der Waals surface area contributed by atoms with E-state index in [0.717, 1.165) is 23.5 Å². The molecule has 1 atom stereocenters. The van der Waals surface area contributed by atoms with Crippen molar-refractivity contribution in [2.45, 2.75) is 38.0 Å². The Balaban J connectivity index is 1.86. The Morgan fingerprint density at radius 2 is 1.81 bits per heavy atom. The summed E-state index contributed by atoms with van der Waals surface area (Å²) in [6, 6.07) is 14.8. The van der Waals surface area contributed by atoms with Crippen molar-refractivity contribution in [3.8, 4) is 5.75 Å². The average Bonchev–Trinajstić information content (AvgIpc) is 3.44. The monoisotopic (exact) mass is 389 g/mol. The number of hydrogen-bond acceptors (Lipinski definition) is 4. The summed E-state index contributed by atoms with van der Waals surface area (Å²) in [5.41, 5.74) is 2.22. The zero-order valence-electron chi connectivity index (χ0n) is 16.3.